The zero-order valence-electron chi connectivity index (χ0n) is 10.1. The highest BCUT2D eigenvalue weighted by Gasteiger charge is 2.14. The van der Waals surface area contributed by atoms with Gasteiger partial charge in [-0.2, -0.15) is 5.10 Å². The molecular formula is C13H12ClN3O2. The van der Waals surface area contributed by atoms with Crippen LogP contribution in [-0.4, -0.2) is 20.6 Å². The van der Waals surface area contributed by atoms with Crippen molar-refractivity contribution in [3.05, 3.63) is 58.4 Å². The molecule has 0 aliphatic heterocycles. The van der Waals surface area contributed by atoms with Crippen molar-refractivity contribution in [1.29, 1.82) is 0 Å². The van der Waals surface area contributed by atoms with Gasteiger partial charge in [-0.25, -0.2) is 4.68 Å². The summed E-state index contributed by atoms with van der Waals surface area (Å²) in [5.41, 5.74) is 1.36. The van der Waals surface area contributed by atoms with Crippen LogP contribution in [0.5, 0.6) is 0 Å². The number of alkyl halides is 1. The summed E-state index contributed by atoms with van der Waals surface area (Å²) >= 11 is 5.58. The number of para-hydroxylation sites is 2. The van der Waals surface area contributed by atoms with Crippen LogP contribution in [-0.2, 0) is 0 Å². The Labute approximate surface area is 115 Å². The molecule has 0 spiro atoms. The monoisotopic (exact) mass is 277 g/mol. The number of hydrogen-bond donors (Lipinski definition) is 0. The zero-order valence-corrected chi connectivity index (χ0v) is 10.8. The quantitative estimate of drug-likeness (QED) is 0.478. The number of benzene rings is 1. The van der Waals surface area contributed by atoms with Gasteiger partial charge in [0.2, 0.25) is 0 Å². The van der Waals surface area contributed by atoms with Crippen LogP contribution in [0, 0.1) is 10.1 Å². The number of rotatable bonds is 5. The summed E-state index contributed by atoms with van der Waals surface area (Å²) in [5.74, 6) is 0.564. The fraction of sp³-hybridized carbons (Fsp3) is 0.154. The number of nitro benzene ring substituents is 1. The highest BCUT2D eigenvalue weighted by molar-refractivity contribution is 6.17. The van der Waals surface area contributed by atoms with Gasteiger partial charge in [0.1, 0.15) is 5.69 Å². The molecule has 0 unspecified atom stereocenters. The first-order chi connectivity index (χ1) is 9.22. The summed E-state index contributed by atoms with van der Waals surface area (Å²) < 4.78 is 1.50. The van der Waals surface area contributed by atoms with Crippen molar-refractivity contribution >= 4 is 23.4 Å². The van der Waals surface area contributed by atoms with E-state index in [1.54, 1.807) is 30.6 Å². The number of hydrogen-bond acceptors (Lipinski definition) is 3. The second-order valence-electron chi connectivity index (χ2n) is 3.84. The smallest absolute Gasteiger partial charge is 0.258 e. The molecule has 0 amide bonds. The van der Waals surface area contributed by atoms with Gasteiger partial charge < -0.3 is 0 Å². The number of aromatic nitrogens is 2. The second kappa shape index (κ2) is 6.15. The Morgan fingerprint density at radius 1 is 1.42 bits per heavy atom. The normalized spacial score (nSPS) is 11.0. The molecule has 0 radical (unpaired) electrons. The van der Waals surface area contributed by atoms with E-state index in [-0.39, 0.29) is 5.69 Å². The molecule has 0 aliphatic carbocycles. The lowest BCUT2D eigenvalue weighted by atomic mass is 10.2. The second-order valence-corrected chi connectivity index (χ2v) is 4.22. The molecule has 0 saturated heterocycles. The Balaban J connectivity index is 2.30. The number of nitrogens with zero attached hydrogens (tertiary/aromatic N) is 3. The lowest BCUT2D eigenvalue weighted by Gasteiger charge is -2.01. The van der Waals surface area contributed by atoms with Crippen molar-refractivity contribution in [2.24, 2.45) is 0 Å². The maximum Gasteiger partial charge on any atom is 0.294 e. The van der Waals surface area contributed by atoms with Gasteiger partial charge in [0.15, 0.2) is 0 Å². The summed E-state index contributed by atoms with van der Waals surface area (Å²) in [5, 5.41) is 15.1. The minimum absolute atomic E-state index is 0.0295. The minimum Gasteiger partial charge on any atom is -0.258 e. The number of allylic oxidation sites excluding steroid dienone is 1. The van der Waals surface area contributed by atoms with Crippen molar-refractivity contribution in [3.8, 4) is 5.69 Å². The third-order valence-corrected chi connectivity index (χ3v) is 2.73. The fourth-order valence-electron chi connectivity index (χ4n) is 1.65. The van der Waals surface area contributed by atoms with Crippen LogP contribution in [0.1, 0.15) is 12.0 Å². The van der Waals surface area contributed by atoms with Crippen LogP contribution in [0.4, 0.5) is 5.69 Å². The largest absolute Gasteiger partial charge is 0.294 e. The number of nitro groups is 1. The SMILES string of the molecule is O=[N+]([O-])c1ccccc1-n1cc(C=CCCCl)cn1. The van der Waals surface area contributed by atoms with Gasteiger partial charge in [0.25, 0.3) is 5.69 Å². The highest BCUT2D eigenvalue weighted by atomic mass is 35.5. The molecule has 2 rings (SSSR count). The molecule has 19 heavy (non-hydrogen) atoms. The molecule has 0 N–H and O–H groups in total. The molecule has 6 heteroatoms. The molecule has 5 nitrogen and oxygen atoms in total. The molecule has 0 atom stereocenters. The first-order valence-corrected chi connectivity index (χ1v) is 6.27. The highest BCUT2D eigenvalue weighted by Crippen LogP contribution is 2.21. The molecule has 1 aromatic carbocycles. The Morgan fingerprint density at radius 3 is 2.95 bits per heavy atom. The van der Waals surface area contributed by atoms with E-state index in [1.807, 2.05) is 12.2 Å². The zero-order chi connectivity index (χ0) is 13.7. The van der Waals surface area contributed by atoms with Crippen molar-refractivity contribution in [2.45, 2.75) is 6.42 Å². The van der Waals surface area contributed by atoms with Crippen molar-refractivity contribution in [3.63, 3.8) is 0 Å². The van der Waals surface area contributed by atoms with Crippen molar-refractivity contribution in [2.75, 3.05) is 5.88 Å². The minimum atomic E-state index is -0.417. The standard InChI is InChI=1S/C13H12ClN3O2/c14-8-4-3-5-11-9-15-16(10-11)12-6-1-2-7-13(12)17(18)19/h1-3,5-7,9-10H,4,8H2. The predicted octanol–water partition coefficient (Wildman–Crippen LogP) is 3.42. The average molecular weight is 278 g/mol. The van der Waals surface area contributed by atoms with Gasteiger partial charge in [0.05, 0.1) is 11.1 Å². The summed E-state index contributed by atoms with van der Waals surface area (Å²) in [6.45, 7) is 0. The van der Waals surface area contributed by atoms with E-state index in [0.29, 0.717) is 11.6 Å². The van der Waals surface area contributed by atoms with Gasteiger partial charge in [-0.05, 0) is 12.5 Å². The van der Waals surface area contributed by atoms with Crippen LogP contribution < -0.4 is 0 Å². The van der Waals surface area contributed by atoms with Gasteiger partial charge in [-0.1, -0.05) is 24.3 Å². The van der Waals surface area contributed by atoms with Crippen LogP contribution in [0.3, 0.4) is 0 Å². The van der Waals surface area contributed by atoms with Crippen LogP contribution in [0.15, 0.2) is 42.7 Å². The third kappa shape index (κ3) is 3.20. The molecule has 0 bridgehead atoms. The number of halogens is 1. The summed E-state index contributed by atoms with van der Waals surface area (Å²) in [6.07, 6.45) is 8.00. The van der Waals surface area contributed by atoms with Gasteiger partial charge in [-0.15, -0.1) is 11.6 Å². The topological polar surface area (TPSA) is 61.0 Å². The Hall–Kier alpha value is -2.14. The van der Waals surface area contributed by atoms with E-state index in [4.69, 9.17) is 11.6 Å². The lowest BCUT2D eigenvalue weighted by Crippen LogP contribution is -1.99. The maximum atomic E-state index is 10.9. The Bertz CT molecular complexity index is 607. The maximum absolute atomic E-state index is 10.9. The molecule has 0 aliphatic rings. The molecule has 0 fully saturated rings. The molecule has 2 aromatic rings. The van der Waals surface area contributed by atoms with Crippen LogP contribution in [0.2, 0.25) is 0 Å². The summed E-state index contributed by atoms with van der Waals surface area (Å²) in [7, 11) is 0. The Morgan fingerprint density at radius 2 is 2.21 bits per heavy atom. The predicted molar refractivity (Wildman–Crippen MR) is 74.6 cm³/mol. The van der Waals surface area contributed by atoms with Crippen LogP contribution in [0.25, 0.3) is 11.8 Å². The van der Waals surface area contributed by atoms with Gasteiger partial charge >= 0.3 is 0 Å². The van der Waals surface area contributed by atoms with E-state index in [1.165, 1.54) is 10.7 Å². The van der Waals surface area contributed by atoms with E-state index in [9.17, 15) is 10.1 Å². The van der Waals surface area contributed by atoms with Gasteiger partial charge in [-0.3, -0.25) is 10.1 Å². The Kier molecular flexibility index (Phi) is 4.30. The summed E-state index contributed by atoms with van der Waals surface area (Å²) in [6, 6.07) is 6.50. The van der Waals surface area contributed by atoms with Crippen molar-refractivity contribution in [1.82, 2.24) is 9.78 Å². The lowest BCUT2D eigenvalue weighted by molar-refractivity contribution is -0.384. The van der Waals surface area contributed by atoms with E-state index in [2.05, 4.69) is 5.10 Å². The fourth-order valence-corrected chi connectivity index (χ4v) is 1.78. The third-order valence-electron chi connectivity index (χ3n) is 2.51. The first kappa shape index (κ1) is 13.3. The molecule has 98 valence electrons. The average Bonchev–Trinajstić information content (AvgIpc) is 2.88. The van der Waals surface area contributed by atoms with Gasteiger partial charge in [0, 0.05) is 23.7 Å². The van der Waals surface area contributed by atoms with Crippen molar-refractivity contribution < 1.29 is 4.92 Å². The van der Waals surface area contributed by atoms with E-state index in [0.717, 1.165) is 12.0 Å². The summed E-state index contributed by atoms with van der Waals surface area (Å²) in [4.78, 5) is 10.5. The van der Waals surface area contributed by atoms with Crippen LogP contribution >= 0.6 is 11.6 Å². The van der Waals surface area contributed by atoms with E-state index >= 15 is 0 Å². The molecule has 1 heterocycles. The first-order valence-electron chi connectivity index (χ1n) is 5.73. The molecule has 0 saturated carbocycles. The molecule has 1 aromatic heterocycles. The molecular weight excluding hydrogens is 266 g/mol. The van der Waals surface area contributed by atoms with E-state index < -0.39 is 4.92 Å².